The molecule has 0 aromatic heterocycles. The van der Waals surface area contributed by atoms with Crippen LogP contribution in [0.2, 0.25) is 0 Å². The second kappa shape index (κ2) is 6.71. The van der Waals surface area contributed by atoms with Crippen LogP contribution in [0.15, 0.2) is 30.3 Å². The van der Waals surface area contributed by atoms with Gasteiger partial charge in [-0.1, -0.05) is 43.5 Å². The van der Waals surface area contributed by atoms with Gasteiger partial charge >= 0.3 is 0 Å². The Balaban J connectivity index is 1.85. The van der Waals surface area contributed by atoms with E-state index in [0.717, 1.165) is 36.8 Å². The van der Waals surface area contributed by atoms with Crippen molar-refractivity contribution in [3.8, 4) is 0 Å². The maximum atomic E-state index is 11.8. The normalized spacial score (nSPS) is 18.1. The molecular weight excluding hydrogens is 250 g/mol. The van der Waals surface area contributed by atoms with Gasteiger partial charge < -0.3 is 10.4 Å². The Bertz CT molecular complexity index is 488. The van der Waals surface area contributed by atoms with E-state index in [1.165, 1.54) is 12.5 Å². The van der Waals surface area contributed by atoms with Crippen LogP contribution in [-0.4, -0.2) is 23.2 Å². The summed E-state index contributed by atoms with van der Waals surface area (Å²) in [4.78, 5) is 11.8. The van der Waals surface area contributed by atoms with E-state index in [-0.39, 0.29) is 5.91 Å². The average Bonchev–Trinajstić information content (AvgIpc) is 2.45. The highest BCUT2D eigenvalue weighted by atomic mass is 16.3. The Morgan fingerprint density at radius 3 is 2.70 bits per heavy atom. The van der Waals surface area contributed by atoms with Gasteiger partial charge in [-0.2, -0.15) is 0 Å². The largest absolute Gasteiger partial charge is 0.388 e. The third-order valence-corrected chi connectivity index (χ3v) is 3.98. The molecule has 0 atom stereocenters. The topological polar surface area (TPSA) is 49.3 Å². The fraction of sp³-hybridized carbons (Fsp3) is 0.471. The zero-order valence-corrected chi connectivity index (χ0v) is 12.1. The summed E-state index contributed by atoms with van der Waals surface area (Å²) in [5.74, 6) is -0.146. The highest BCUT2D eigenvalue weighted by Gasteiger charge is 2.29. The van der Waals surface area contributed by atoms with E-state index in [2.05, 4.69) is 5.32 Å². The molecule has 0 heterocycles. The second-order valence-electron chi connectivity index (χ2n) is 5.69. The maximum absolute atomic E-state index is 11.8. The summed E-state index contributed by atoms with van der Waals surface area (Å²) < 4.78 is 0. The summed E-state index contributed by atoms with van der Waals surface area (Å²) in [6.45, 7) is 2.37. The lowest BCUT2D eigenvalue weighted by Gasteiger charge is -2.31. The lowest BCUT2D eigenvalue weighted by molar-refractivity contribution is -0.118. The zero-order chi connectivity index (χ0) is 14.4. The van der Waals surface area contributed by atoms with E-state index in [1.807, 2.05) is 37.3 Å². The number of aryl methyl sites for hydroxylation is 1. The number of amides is 1. The number of hydrogen-bond acceptors (Lipinski definition) is 2. The Hall–Kier alpha value is -1.61. The second-order valence-corrected chi connectivity index (χ2v) is 5.69. The van der Waals surface area contributed by atoms with Crippen molar-refractivity contribution < 1.29 is 9.90 Å². The van der Waals surface area contributed by atoms with Crippen molar-refractivity contribution in [1.29, 1.82) is 0 Å². The first-order valence-electron chi connectivity index (χ1n) is 7.33. The van der Waals surface area contributed by atoms with Crippen LogP contribution in [0.3, 0.4) is 0 Å². The van der Waals surface area contributed by atoms with Gasteiger partial charge in [0.05, 0.1) is 5.60 Å². The number of nitrogens with one attached hydrogen (secondary N) is 1. The van der Waals surface area contributed by atoms with Crippen molar-refractivity contribution in [2.45, 2.75) is 44.6 Å². The van der Waals surface area contributed by atoms with E-state index >= 15 is 0 Å². The number of carbonyl (C=O) groups is 1. The summed E-state index contributed by atoms with van der Waals surface area (Å²) in [6, 6.07) is 7.93. The molecule has 2 rings (SSSR count). The van der Waals surface area contributed by atoms with Crippen molar-refractivity contribution in [3.63, 3.8) is 0 Å². The lowest BCUT2D eigenvalue weighted by Crippen LogP contribution is -2.43. The van der Waals surface area contributed by atoms with E-state index in [0.29, 0.717) is 6.54 Å². The van der Waals surface area contributed by atoms with Gasteiger partial charge in [0.2, 0.25) is 5.91 Å². The van der Waals surface area contributed by atoms with Crippen LogP contribution in [0, 0.1) is 6.92 Å². The molecule has 20 heavy (non-hydrogen) atoms. The molecule has 1 fully saturated rings. The van der Waals surface area contributed by atoms with Gasteiger partial charge in [-0.25, -0.2) is 0 Å². The van der Waals surface area contributed by atoms with Crippen LogP contribution >= 0.6 is 0 Å². The highest BCUT2D eigenvalue weighted by Crippen LogP contribution is 2.27. The highest BCUT2D eigenvalue weighted by molar-refractivity contribution is 5.91. The fourth-order valence-corrected chi connectivity index (χ4v) is 2.64. The summed E-state index contributed by atoms with van der Waals surface area (Å²) in [6.07, 6.45) is 8.20. The van der Waals surface area contributed by atoms with Crippen LogP contribution < -0.4 is 5.32 Å². The Morgan fingerprint density at radius 2 is 2.00 bits per heavy atom. The first-order valence-corrected chi connectivity index (χ1v) is 7.33. The zero-order valence-electron chi connectivity index (χ0n) is 12.1. The molecule has 0 radical (unpaired) electrons. The molecular formula is C17H23NO2. The van der Waals surface area contributed by atoms with Crippen LogP contribution in [0.4, 0.5) is 0 Å². The standard InChI is InChI=1S/C17H23NO2/c1-14-7-3-4-8-15(14)9-10-16(19)18-13-17(20)11-5-2-6-12-17/h3-4,7-10,20H,2,5-6,11-13H2,1H3,(H,18,19). The predicted molar refractivity (Wildman–Crippen MR) is 81.3 cm³/mol. The van der Waals surface area contributed by atoms with Crippen LogP contribution in [0.1, 0.15) is 43.2 Å². The molecule has 1 aromatic carbocycles. The Labute approximate surface area is 120 Å². The molecule has 1 aliphatic carbocycles. The van der Waals surface area contributed by atoms with E-state index in [4.69, 9.17) is 0 Å². The molecule has 0 aliphatic heterocycles. The fourth-order valence-electron chi connectivity index (χ4n) is 2.64. The minimum absolute atomic E-state index is 0.146. The average molecular weight is 273 g/mol. The number of aliphatic hydroxyl groups is 1. The van der Waals surface area contributed by atoms with E-state index in [9.17, 15) is 9.90 Å². The van der Waals surface area contributed by atoms with Crippen LogP contribution in [0.5, 0.6) is 0 Å². The first-order chi connectivity index (χ1) is 9.59. The minimum atomic E-state index is -0.704. The Kier molecular flexibility index (Phi) is 4.96. The van der Waals surface area contributed by atoms with Crippen molar-refractivity contribution >= 4 is 12.0 Å². The lowest BCUT2D eigenvalue weighted by atomic mass is 9.85. The summed E-state index contributed by atoms with van der Waals surface area (Å²) in [5.41, 5.74) is 1.48. The molecule has 0 spiro atoms. The molecule has 0 unspecified atom stereocenters. The quantitative estimate of drug-likeness (QED) is 0.829. The van der Waals surface area contributed by atoms with Gasteiger partial charge in [-0.05, 0) is 37.0 Å². The summed E-state index contributed by atoms with van der Waals surface area (Å²) >= 11 is 0. The van der Waals surface area contributed by atoms with E-state index in [1.54, 1.807) is 0 Å². The molecule has 1 amide bonds. The van der Waals surface area contributed by atoms with Gasteiger partial charge in [0, 0.05) is 12.6 Å². The van der Waals surface area contributed by atoms with Crippen LogP contribution in [0.25, 0.3) is 6.08 Å². The monoisotopic (exact) mass is 273 g/mol. The summed E-state index contributed by atoms with van der Waals surface area (Å²) in [5, 5.41) is 13.1. The van der Waals surface area contributed by atoms with Gasteiger partial charge in [0.1, 0.15) is 0 Å². The minimum Gasteiger partial charge on any atom is -0.388 e. The molecule has 3 heteroatoms. The molecule has 0 bridgehead atoms. The van der Waals surface area contributed by atoms with Crippen molar-refractivity contribution in [2.24, 2.45) is 0 Å². The van der Waals surface area contributed by atoms with Gasteiger partial charge in [0.15, 0.2) is 0 Å². The third-order valence-electron chi connectivity index (χ3n) is 3.98. The number of hydrogen-bond donors (Lipinski definition) is 2. The Morgan fingerprint density at radius 1 is 1.30 bits per heavy atom. The summed E-state index contributed by atoms with van der Waals surface area (Å²) in [7, 11) is 0. The van der Waals surface area contributed by atoms with Crippen molar-refractivity contribution in [1.82, 2.24) is 5.32 Å². The van der Waals surface area contributed by atoms with Crippen molar-refractivity contribution in [3.05, 3.63) is 41.5 Å². The van der Waals surface area contributed by atoms with E-state index < -0.39 is 5.60 Å². The molecule has 2 N–H and O–H groups in total. The van der Waals surface area contributed by atoms with Gasteiger partial charge in [-0.3, -0.25) is 4.79 Å². The number of rotatable bonds is 4. The molecule has 1 aromatic rings. The number of carbonyl (C=O) groups excluding carboxylic acids is 1. The third kappa shape index (κ3) is 4.20. The molecule has 108 valence electrons. The number of benzene rings is 1. The van der Waals surface area contributed by atoms with Crippen LogP contribution in [-0.2, 0) is 4.79 Å². The molecule has 0 saturated heterocycles. The predicted octanol–water partition coefficient (Wildman–Crippen LogP) is 2.82. The first kappa shape index (κ1) is 14.8. The van der Waals surface area contributed by atoms with Crippen molar-refractivity contribution in [2.75, 3.05) is 6.54 Å². The SMILES string of the molecule is Cc1ccccc1C=CC(=O)NCC1(O)CCCCC1. The van der Waals surface area contributed by atoms with Gasteiger partial charge in [-0.15, -0.1) is 0 Å². The smallest absolute Gasteiger partial charge is 0.244 e. The maximum Gasteiger partial charge on any atom is 0.244 e. The molecule has 1 saturated carbocycles. The molecule has 1 aliphatic rings. The molecule has 3 nitrogen and oxygen atoms in total. The van der Waals surface area contributed by atoms with Gasteiger partial charge in [0.25, 0.3) is 0 Å².